The van der Waals surface area contributed by atoms with Crippen LogP contribution in [0.15, 0.2) is 60.2 Å². The van der Waals surface area contributed by atoms with E-state index >= 15 is 0 Å². The van der Waals surface area contributed by atoms with Crippen LogP contribution in [-0.4, -0.2) is 25.1 Å². The van der Waals surface area contributed by atoms with Crippen molar-refractivity contribution < 1.29 is 9.90 Å². The van der Waals surface area contributed by atoms with Crippen LogP contribution < -0.4 is 10.2 Å². The number of nitrogens with one attached hydrogen (secondary N) is 1. The van der Waals surface area contributed by atoms with Crippen LogP contribution in [0.4, 0.5) is 5.69 Å². The van der Waals surface area contributed by atoms with Crippen molar-refractivity contribution in [3.05, 3.63) is 76.9 Å². The van der Waals surface area contributed by atoms with Gasteiger partial charge >= 0.3 is 0 Å². The Kier molecular flexibility index (Phi) is 6.79. The highest BCUT2D eigenvalue weighted by Crippen LogP contribution is 2.17. The number of nitriles is 1. The van der Waals surface area contributed by atoms with Crippen molar-refractivity contribution in [3.63, 3.8) is 0 Å². The van der Waals surface area contributed by atoms with Crippen molar-refractivity contribution in [2.75, 3.05) is 19.0 Å². The van der Waals surface area contributed by atoms with E-state index in [2.05, 4.69) is 5.32 Å². The number of hydrogen-bond donors (Lipinski definition) is 2. The van der Waals surface area contributed by atoms with Crippen LogP contribution in [0, 0.1) is 18.3 Å². The molecule has 0 fully saturated rings. The number of carbonyl (C=O) groups excluding carboxylic acids is 1. The molecule has 0 saturated heterocycles. The van der Waals surface area contributed by atoms with Crippen LogP contribution in [0.3, 0.4) is 0 Å². The zero-order chi connectivity index (χ0) is 19.8. The second-order valence-corrected chi connectivity index (χ2v) is 6.34. The van der Waals surface area contributed by atoms with Gasteiger partial charge in [-0.2, -0.15) is 5.26 Å². The number of amides is 1. The summed E-state index contributed by atoms with van der Waals surface area (Å²) in [7, 11) is 3.95. The Morgan fingerprint density at radius 2 is 1.93 bits per heavy atom. The normalized spacial score (nSPS) is 11.3. The molecule has 2 N–H and O–H groups in total. The van der Waals surface area contributed by atoms with E-state index < -0.39 is 5.91 Å². The van der Waals surface area contributed by atoms with Crippen LogP contribution in [0.1, 0.15) is 16.7 Å². The first-order valence-electron chi connectivity index (χ1n) is 8.53. The quantitative estimate of drug-likeness (QED) is 0.469. The number of rotatable bonds is 6. The first-order chi connectivity index (χ1) is 12.9. The Hall–Kier alpha value is -3.52. The molecule has 0 aromatic heterocycles. The molecule has 5 nitrogen and oxygen atoms in total. The van der Waals surface area contributed by atoms with Gasteiger partial charge in [0.05, 0.1) is 0 Å². The van der Waals surface area contributed by atoms with Gasteiger partial charge in [0.25, 0.3) is 5.91 Å². The molecule has 0 bridgehead atoms. The van der Waals surface area contributed by atoms with E-state index in [1.807, 2.05) is 55.4 Å². The number of hydrogen-bond acceptors (Lipinski definition) is 4. The largest absolute Gasteiger partial charge is 0.508 e. The molecule has 138 valence electrons. The van der Waals surface area contributed by atoms with Gasteiger partial charge < -0.3 is 15.3 Å². The number of anilines is 1. The fourth-order valence-corrected chi connectivity index (χ4v) is 2.41. The van der Waals surface area contributed by atoms with Gasteiger partial charge in [0, 0.05) is 26.3 Å². The number of phenolic OH excluding ortho intramolecular Hbond substituents is 1. The van der Waals surface area contributed by atoms with E-state index in [4.69, 9.17) is 0 Å². The van der Waals surface area contributed by atoms with Gasteiger partial charge in [-0.3, -0.25) is 4.79 Å². The summed E-state index contributed by atoms with van der Waals surface area (Å²) < 4.78 is 0. The Balaban J connectivity index is 1.98. The zero-order valence-electron chi connectivity index (χ0n) is 15.7. The standard InChI is InChI=1S/C22H23N3O2/c1-16-13-18(9-12-21(16)26)15-24-22(27)19(14-23)6-4-5-17-7-10-20(11-8-17)25(2)3/h4-13,26H,15H2,1-3H3,(H,24,27)/b5-4+,19-6+. The lowest BCUT2D eigenvalue weighted by Gasteiger charge is -2.11. The van der Waals surface area contributed by atoms with Crippen LogP contribution in [0.2, 0.25) is 0 Å². The molecular weight excluding hydrogens is 338 g/mol. The molecule has 27 heavy (non-hydrogen) atoms. The summed E-state index contributed by atoms with van der Waals surface area (Å²) in [5, 5.41) is 21.5. The number of nitrogens with zero attached hydrogens (tertiary/aromatic N) is 2. The predicted molar refractivity (Wildman–Crippen MR) is 108 cm³/mol. The number of phenols is 1. The van der Waals surface area contributed by atoms with E-state index in [0.29, 0.717) is 0 Å². The number of aryl methyl sites for hydroxylation is 1. The molecule has 2 rings (SSSR count). The maximum absolute atomic E-state index is 12.2. The predicted octanol–water partition coefficient (Wildman–Crippen LogP) is 3.55. The van der Waals surface area contributed by atoms with Gasteiger partial charge in [-0.1, -0.05) is 36.4 Å². The van der Waals surface area contributed by atoms with E-state index in [0.717, 1.165) is 22.4 Å². The SMILES string of the molecule is Cc1cc(CNC(=O)/C(C#N)=C/C=C/c2ccc(N(C)C)cc2)ccc1O. The van der Waals surface area contributed by atoms with Crippen LogP contribution >= 0.6 is 0 Å². The Bertz CT molecular complexity index is 904. The highest BCUT2D eigenvalue weighted by molar-refractivity contribution is 5.97. The molecule has 0 atom stereocenters. The fourth-order valence-electron chi connectivity index (χ4n) is 2.41. The molecule has 0 heterocycles. The van der Waals surface area contributed by atoms with Gasteiger partial charge in [-0.15, -0.1) is 0 Å². The summed E-state index contributed by atoms with van der Waals surface area (Å²) in [6.07, 6.45) is 5.03. The third-order valence-corrected chi connectivity index (χ3v) is 4.04. The average molecular weight is 361 g/mol. The van der Waals surface area contributed by atoms with Gasteiger partial charge in [0.1, 0.15) is 17.4 Å². The van der Waals surface area contributed by atoms with Crippen molar-refractivity contribution >= 4 is 17.7 Å². The van der Waals surface area contributed by atoms with Crippen molar-refractivity contribution in [2.45, 2.75) is 13.5 Å². The highest BCUT2D eigenvalue weighted by atomic mass is 16.3. The minimum atomic E-state index is -0.434. The fraction of sp³-hybridized carbons (Fsp3) is 0.182. The minimum absolute atomic E-state index is 0.0339. The molecule has 0 aliphatic heterocycles. The monoisotopic (exact) mass is 361 g/mol. The third kappa shape index (κ3) is 5.75. The molecule has 0 saturated carbocycles. The maximum Gasteiger partial charge on any atom is 0.262 e. The molecule has 2 aromatic rings. The molecule has 0 unspecified atom stereocenters. The second-order valence-electron chi connectivity index (χ2n) is 6.34. The molecule has 0 aliphatic rings. The summed E-state index contributed by atoms with van der Waals surface area (Å²) >= 11 is 0. The Labute approximate surface area is 159 Å². The van der Waals surface area contributed by atoms with Crippen LogP contribution in [0.25, 0.3) is 6.08 Å². The lowest BCUT2D eigenvalue weighted by molar-refractivity contribution is -0.117. The Morgan fingerprint density at radius 3 is 2.52 bits per heavy atom. The van der Waals surface area contributed by atoms with Gasteiger partial charge in [0.15, 0.2) is 0 Å². The number of benzene rings is 2. The second kappa shape index (κ2) is 9.25. The summed E-state index contributed by atoms with van der Waals surface area (Å²) in [4.78, 5) is 14.2. The summed E-state index contributed by atoms with van der Waals surface area (Å²) in [5.41, 5.74) is 3.71. The minimum Gasteiger partial charge on any atom is -0.508 e. The zero-order valence-corrected chi connectivity index (χ0v) is 15.7. The van der Waals surface area contributed by atoms with Crippen molar-refractivity contribution in [1.82, 2.24) is 5.32 Å². The average Bonchev–Trinajstić information content (AvgIpc) is 2.66. The Morgan fingerprint density at radius 1 is 1.22 bits per heavy atom. The van der Waals surface area contributed by atoms with E-state index in [9.17, 15) is 15.2 Å². The smallest absolute Gasteiger partial charge is 0.262 e. The van der Waals surface area contributed by atoms with Crippen molar-refractivity contribution in [3.8, 4) is 11.8 Å². The molecule has 5 heteroatoms. The van der Waals surface area contributed by atoms with Crippen molar-refractivity contribution in [1.29, 1.82) is 5.26 Å². The lowest BCUT2D eigenvalue weighted by atomic mass is 10.1. The summed E-state index contributed by atoms with van der Waals surface area (Å²) in [6, 6.07) is 15.0. The molecule has 0 radical (unpaired) electrons. The summed E-state index contributed by atoms with van der Waals surface area (Å²) in [5.74, 6) is -0.220. The molecule has 0 aliphatic carbocycles. The lowest BCUT2D eigenvalue weighted by Crippen LogP contribution is -2.23. The van der Waals surface area contributed by atoms with Crippen LogP contribution in [0.5, 0.6) is 5.75 Å². The van der Waals surface area contributed by atoms with Crippen molar-refractivity contribution in [2.24, 2.45) is 0 Å². The van der Waals surface area contributed by atoms with Crippen LogP contribution in [-0.2, 0) is 11.3 Å². The highest BCUT2D eigenvalue weighted by Gasteiger charge is 2.08. The topological polar surface area (TPSA) is 76.4 Å². The van der Waals surface area contributed by atoms with E-state index in [-0.39, 0.29) is 17.9 Å². The number of allylic oxidation sites excluding steroid dienone is 2. The number of carbonyl (C=O) groups is 1. The number of aromatic hydroxyl groups is 1. The van der Waals surface area contributed by atoms with Gasteiger partial charge in [-0.05, 0) is 47.9 Å². The molecule has 2 aromatic carbocycles. The van der Waals surface area contributed by atoms with Gasteiger partial charge in [-0.25, -0.2) is 0 Å². The maximum atomic E-state index is 12.2. The van der Waals surface area contributed by atoms with E-state index in [1.165, 1.54) is 6.08 Å². The van der Waals surface area contributed by atoms with Gasteiger partial charge in [0.2, 0.25) is 0 Å². The molecule has 1 amide bonds. The first-order valence-corrected chi connectivity index (χ1v) is 8.53. The van der Waals surface area contributed by atoms with E-state index in [1.54, 1.807) is 31.2 Å². The third-order valence-electron chi connectivity index (χ3n) is 4.04. The molecular formula is C22H23N3O2. The summed E-state index contributed by atoms with van der Waals surface area (Å²) in [6.45, 7) is 2.08. The first kappa shape index (κ1) is 19.8. The molecule has 0 spiro atoms.